The molecular weight excluding hydrogens is 284 g/mol. The molecule has 2 aliphatic rings. The van der Waals surface area contributed by atoms with Gasteiger partial charge in [-0.15, -0.1) is 0 Å². The third-order valence-electron chi connectivity index (χ3n) is 3.68. The number of imide groups is 2. The van der Waals surface area contributed by atoms with Gasteiger partial charge in [0.05, 0.1) is 17.5 Å². The van der Waals surface area contributed by atoms with Gasteiger partial charge in [-0.05, 0) is 19.3 Å². The molecule has 0 radical (unpaired) electrons. The number of rotatable bonds is 3. The van der Waals surface area contributed by atoms with Gasteiger partial charge in [0, 0.05) is 0 Å². The molecule has 20 heavy (non-hydrogen) atoms. The second-order valence-corrected chi connectivity index (χ2v) is 7.48. The van der Waals surface area contributed by atoms with Gasteiger partial charge in [0.2, 0.25) is 11.8 Å². The quantitative estimate of drug-likeness (QED) is 0.743. The maximum Gasteiger partial charge on any atom is 0.331 e. The van der Waals surface area contributed by atoms with Gasteiger partial charge in [-0.3, -0.25) is 19.8 Å². The Kier molecular flexibility index (Phi) is 4.12. The zero-order chi connectivity index (χ0) is 14.9. The van der Waals surface area contributed by atoms with Crippen molar-refractivity contribution >= 4 is 27.7 Å². The number of barbiturate groups is 1. The smallest absolute Gasteiger partial charge is 0.277 e. The van der Waals surface area contributed by atoms with E-state index in [2.05, 4.69) is 5.32 Å². The van der Waals surface area contributed by atoms with E-state index in [0.29, 0.717) is 25.7 Å². The van der Waals surface area contributed by atoms with E-state index in [1.54, 1.807) is 0 Å². The van der Waals surface area contributed by atoms with Crippen LogP contribution in [0.4, 0.5) is 4.79 Å². The summed E-state index contributed by atoms with van der Waals surface area (Å²) in [5.41, 5.74) is 0. The van der Waals surface area contributed by atoms with Crippen LogP contribution in [0.15, 0.2) is 0 Å². The molecule has 4 amide bonds. The molecule has 0 aromatic carbocycles. The van der Waals surface area contributed by atoms with Crippen LogP contribution in [0.25, 0.3) is 0 Å². The normalized spacial score (nSPS) is 30.2. The average molecular weight is 302 g/mol. The number of urea groups is 1. The van der Waals surface area contributed by atoms with Crippen LogP contribution in [0.3, 0.4) is 0 Å². The topological polar surface area (TPSA) is 101 Å². The Labute approximate surface area is 117 Å². The largest absolute Gasteiger partial charge is 0.331 e. The lowest BCUT2D eigenvalue weighted by Crippen LogP contribution is -2.62. The second-order valence-electron chi connectivity index (χ2n) is 5.25. The van der Waals surface area contributed by atoms with Crippen molar-refractivity contribution in [2.24, 2.45) is 5.92 Å². The molecular formula is C12H18N2O5S. The number of nitrogens with one attached hydrogen (secondary N) is 1. The third-order valence-corrected chi connectivity index (χ3v) is 5.49. The summed E-state index contributed by atoms with van der Waals surface area (Å²) in [5, 5.41) is 2.15. The van der Waals surface area contributed by atoms with Crippen LogP contribution in [0, 0.1) is 5.92 Å². The minimum atomic E-state index is -3.23. The van der Waals surface area contributed by atoms with E-state index in [0.717, 1.165) is 4.90 Å². The minimum absolute atomic E-state index is 0.0878. The van der Waals surface area contributed by atoms with Crippen molar-refractivity contribution in [3.8, 4) is 0 Å². The van der Waals surface area contributed by atoms with Crippen LogP contribution >= 0.6 is 0 Å². The maximum absolute atomic E-state index is 12.3. The first-order chi connectivity index (χ1) is 9.35. The van der Waals surface area contributed by atoms with E-state index in [-0.39, 0.29) is 11.5 Å². The summed E-state index contributed by atoms with van der Waals surface area (Å²) in [7, 11) is -3.23. The summed E-state index contributed by atoms with van der Waals surface area (Å²) >= 11 is 0. The summed E-state index contributed by atoms with van der Waals surface area (Å²) in [6, 6.07) is -1.46. The number of carbonyl (C=O) groups excluding carboxylic acids is 3. The van der Waals surface area contributed by atoms with E-state index in [9.17, 15) is 22.8 Å². The van der Waals surface area contributed by atoms with E-state index >= 15 is 0 Å². The Hall–Kier alpha value is -1.44. The Morgan fingerprint density at radius 1 is 1.30 bits per heavy atom. The molecule has 2 heterocycles. The minimum Gasteiger partial charge on any atom is -0.277 e. The lowest BCUT2D eigenvalue weighted by Gasteiger charge is -2.37. The standard InChI is InChI=1S/C12H18N2O5S/c1-2-4-9-10(15)13-12(17)14(11(9)16)8-5-3-6-20(18,19)7-8/h8-9H,2-7H2,1H3,(H,13,15,17). The summed E-state index contributed by atoms with van der Waals surface area (Å²) in [5.74, 6) is -2.16. The van der Waals surface area contributed by atoms with E-state index in [1.807, 2.05) is 6.92 Å². The summed E-state index contributed by atoms with van der Waals surface area (Å²) in [6.45, 7) is 1.84. The van der Waals surface area contributed by atoms with Gasteiger partial charge in [-0.2, -0.15) is 0 Å². The second kappa shape index (κ2) is 5.51. The van der Waals surface area contributed by atoms with Gasteiger partial charge in [0.15, 0.2) is 9.84 Å². The zero-order valence-corrected chi connectivity index (χ0v) is 12.1. The Morgan fingerprint density at radius 3 is 2.60 bits per heavy atom. The van der Waals surface area contributed by atoms with E-state index < -0.39 is 39.6 Å². The number of hydrogen-bond donors (Lipinski definition) is 1. The molecule has 2 aliphatic heterocycles. The first-order valence-electron chi connectivity index (χ1n) is 6.74. The maximum atomic E-state index is 12.3. The Bertz CT molecular complexity index is 542. The molecule has 0 spiro atoms. The van der Waals surface area contributed by atoms with Gasteiger partial charge >= 0.3 is 6.03 Å². The van der Waals surface area contributed by atoms with Crippen LogP contribution in [-0.4, -0.2) is 48.7 Å². The lowest BCUT2D eigenvalue weighted by molar-refractivity contribution is -0.144. The molecule has 0 aromatic rings. The van der Waals surface area contributed by atoms with Crippen molar-refractivity contribution in [2.75, 3.05) is 11.5 Å². The molecule has 112 valence electrons. The highest BCUT2D eigenvalue weighted by molar-refractivity contribution is 7.91. The van der Waals surface area contributed by atoms with Gasteiger partial charge in [-0.1, -0.05) is 13.3 Å². The van der Waals surface area contributed by atoms with Crippen LogP contribution in [-0.2, 0) is 19.4 Å². The zero-order valence-electron chi connectivity index (χ0n) is 11.3. The molecule has 2 atom stereocenters. The van der Waals surface area contributed by atoms with Crippen molar-refractivity contribution in [3.05, 3.63) is 0 Å². The Balaban J connectivity index is 2.23. The molecule has 8 heteroatoms. The first-order valence-corrected chi connectivity index (χ1v) is 8.56. The number of nitrogens with zero attached hydrogens (tertiary/aromatic N) is 1. The van der Waals surface area contributed by atoms with E-state index in [4.69, 9.17) is 0 Å². The molecule has 2 fully saturated rings. The molecule has 0 bridgehead atoms. The van der Waals surface area contributed by atoms with Crippen LogP contribution in [0.2, 0.25) is 0 Å². The summed E-state index contributed by atoms with van der Waals surface area (Å²) in [6.07, 6.45) is 1.88. The molecule has 2 saturated heterocycles. The van der Waals surface area contributed by atoms with Crippen molar-refractivity contribution in [1.82, 2.24) is 10.2 Å². The molecule has 0 aliphatic carbocycles. The highest BCUT2D eigenvalue weighted by Gasteiger charge is 2.44. The fourth-order valence-electron chi connectivity index (χ4n) is 2.72. The van der Waals surface area contributed by atoms with E-state index in [1.165, 1.54) is 0 Å². The van der Waals surface area contributed by atoms with Crippen molar-refractivity contribution in [2.45, 2.75) is 38.6 Å². The predicted octanol–water partition coefficient (Wildman–Crippen LogP) is 0.0583. The van der Waals surface area contributed by atoms with Crippen molar-refractivity contribution < 1.29 is 22.8 Å². The van der Waals surface area contributed by atoms with Gasteiger partial charge in [-0.25, -0.2) is 13.2 Å². The highest BCUT2D eigenvalue weighted by atomic mass is 32.2. The van der Waals surface area contributed by atoms with Crippen molar-refractivity contribution in [1.29, 1.82) is 0 Å². The lowest BCUT2D eigenvalue weighted by atomic mass is 9.97. The fourth-order valence-corrected chi connectivity index (χ4v) is 4.40. The SMILES string of the molecule is CCCC1C(=O)NC(=O)N(C2CCCS(=O)(=O)C2)C1=O. The summed E-state index contributed by atoms with van der Waals surface area (Å²) in [4.78, 5) is 36.8. The van der Waals surface area contributed by atoms with Crippen LogP contribution in [0.1, 0.15) is 32.6 Å². The first kappa shape index (κ1) is 15.0. The molecule has 1 N–H and O–H groups in total. The van der Waals surface area contributed by atoms with Gasteiger partial charge in [0.25, 0.3) is 0 Å². The molecule has 7 nitrogen and oxygen atoms in total. The average Bonchev–Trinajstić information content (AvgIpc) is 2.33. The predicted molar refractivity (Wildman–Crippen MR) is 70.5 cm³/mol. The van der Waals surface area contributed by atoms with Gasteiger partial charge in [0.1, 0.15) is 5.92 Å². The molecule has 0 saturated carbocycles. The number of amides is 4. The van der Waals surface area contributed by atoms with Crippen LogP contribution in [0.5, 0.6) is 0 Å². The number of carbonyl (C=O) groups is 3. The fraction of sp³-hybridized carbons (Fsp3) is 0.750. The number of hydrogen-bond acceptors (Lipinski definition) is 5. The molecule has 2 rings (SSSR count). The van der Waals surface area contributed by atoms with Gasteiger partial charge < -0.3 is 0 Å². The Morgan fingerprint density at radius 2 is 2.00 bits per heavy atom. The third kappa shape index (κ3) is 2.84. The van der Waals surface area contributed by atoms with Crippen LogP contribution < -0.4 is 5.32 Å². The number of sulfone groups is 1. The monoisotopic (exact) mass is 302 g/mol. The molecule has 0 aromatic heterocycles. The highest BCUT2D eigenvalue weighted by Crippen LogP contribution is 2.24. The molecule has 2 unspecified atom stereocenters. The summed E-state index contributed by atoms with van der Waals surface area (Å²) < 4.78 is 23.3. The van der Waals surface area contributed by atoms with Crippen molar-refractivity contribution in [3.63, 3.8) is 0 Å².